The first-order valence-corrected chi connectivity index (χ1v) is 9.74. The fraction of sp³-hybridized carbons (Fsp3) is 0.278. The number of benzene rings is 2. The zero-order valence-corrected chi connectivity index (χ0v) is 15.1. The molecule has 3 rings (SSSR count). The SMILES string of the molecule is CCCNS(=O)(=O)c1ccc(C(=O)NCc2ccc3c(c2)OCO3)cc1. The van der Waals surface area contributed by atoms with Gasteiger partial charge in [-0.2, -0.15) is 0 Å². The van der Waals surface area contributed by atoms with E-state index < -0.39 is 10.0 Å². The van der Waals surface area contributed by atoms with Gasteiger partial charge in [0.1, 0.15) is 0 Å². The maximum atomic E-state index is 12.3. The molecule has 0 fully saturated rings. The molecular weight excluding hydrogens is 356 g/mol. The van der Waals surface area contributed by atoms with Crippen molar-refractivity contribution in [3.05, 3.63) is 53.6 Å². The third-order valence-corrected chi connectivity index (χ3v) is 5.34. The number of hydrogen-bond donors (Lipinski definition) is 2. The molecule has 0 saturated carbocycles. The van der Waals surface area contributed by atoms with Crippen molar-refractivity contribution in [3.8, 4) is 11.5 Å². The third-order valence-electron chi connectivity index (χ3n) is 3.86. The van der Waals surface area contributed by atoms with Crippen LogP contribution in [0.3, 0.4) is 0 Å². The van der Waals surface area contributed by atoms with Crippen molar-refractivity contribution in [3.63, 3.8) is 0 Å². The summed E-state index contributed by atoms with van der Waals surface area (Å²) in [4.78, 5) is 12.4. The largest absolute Gasteiger partial charge is 0.454 e. The summed E-state index contributed by atoms with van der Waals surface area (Å²) in [5, 5.41) is 2.80. The number of carbonyl (C=O) groups is 1. The Kier molecular flexibility index (Phi) is 5.43. The van der Waals surface area contributed by atoms with Gasteiger partial charge in [0.25, 0.3) is 5.91 Å². The lowest BCUT2D eigenvalue weighted by Gasteiger charge is -2.08. The highest BCUT2D eigenvalue weighted by Crippen LogP contribution is 2.32. The normalized spacial score (nSPS) is 12.8. The average molecular weight is 376 g/mol. The van der Waals surface area contributed by atoms with Crippen molar-refractivity contribution >= 4 is 15.9 Å². The van der Waals surface area contributed by atoms with E-state index in [0.29, 0.717) is 36.6 Å². The highest BCUT2D eigenvalue weighted by molar-refractivity contribution is 7.89. The summed E-state index contributed by atoms with van der Waals surface area (Å²) in [5.41, 5.74) is 1.27. The number of carbonyl (C=O) groups excluding carboxylic acids is 1. The topological polar surface area (TPSA) is 93.7 Å². The molecule has 1 aliphatic rings. The van der Waals surface area contributed by atoms with Crippen molar-refractivity contribution < 1.29 is 22.7 Å². The highest BCUT2D eigenvalue weighted by atomic mass is 32.2. The first kappa shape index (κ1) is 18.2. The summed E-state index contributed by atoms with van der Waals surface area (Å²) >= 11 is 0. The van der Waals surface area contributed by atoms with Gasteiger partial charge in [0.15, 0.2) is 11.5 Å². The summed E-state index contributed by atoms with van der Waals surface area (Å²) in [6.45, 7) is 2.79. The third kappa shape index (κ3) is 4.14. The highest BCUT2D eigenvalue weighted by Gasteiger charge is 2.15. The quantitative estimate of drug-likeness (QED) is 0.771. The van der Waals surface area contributed by atoms with Crippen LogP contribution in [-0.2, 0) is 16.6 Å². The van der Waals surface area contributed by atoms with Gasteiger partial charge in [0, 0.05) is 18.7 Å². The number of hydrogen-bond acceptors (Lipinski definition) is 5. The summed E-state index contributed by atoms with van der Waals surface area (Å²) in [6, 6.07) is 11.3. The predicted molar refractivity (Wildman–Crippen MR) is 95.7 cm³/mol. The maximum absolute atomic E-state index is 12.3. The van der Waals surface area contributed by atoms with E-state index in [2.05, 4.69) is 10.0 Å². The van der Waals surface area contributed by atoms with Crippen LogP contribution in [-0.4, -0.2) is 27.7 Å². The molecule has 0 aromatic heterocycles. The molecule has 1 aliphatic heterocycles. The zero-order valence-electron chi connectivity index (χ0n) is 14.3. The van der Waals surface area contributed by atoms with Crippen LogP contribution in [0.25, 0.3) is 0 Å². The van der Waals surface area contributed by atoms with Crippen molar-refractivity contribution in [2.24, 2.45) is 0 Å². The number of nitrogens with one attached hydrogen (secondary N) is 2. The fourth-order valence-electron chi connectivity index (χ4n) is 2.44. The van der Waals surface area contributed by atoms with Crippen LogP contribution in [0.5, 0.6) is 11.5 Å². The van der Waals surface area contributed by atoms with Crippen molar-refractivity contribution in [2.75, 3.05) is 13.3 Å². The number of fused-ring (bicyclic) bond motifs is 1. The molecule has 2 aromatic rings. The van der Waals surface area contributed by atoms with Gasteiger partial charge < -0.3 is 14.8 Å². The van der Waals surface area contributed by atoms with Crippen LogP contribution in [0.4, 0.5) is 0 Å². The average Bonchev–Trinajstić information content (AvgIpc) is 3.12. The second-order valence-electron chi connectivity index (χ2n) is 5.79. The van der Waals surface area contributed by atoms with Gasteiger partial charge in [-0.3, -0.25) is 4.79 Å². The standard InChI is InChI=1S/C18H20N2O5S/c1-2-9-20-26(22,23)15-6-4-14(5-7-15)18(21)19-11-13-3-8-16-17(10-13)25-12-24-16/h3-8,10,20H,2,9,11-12H2,1H3,(H,19,21). The summed E-state index contributed by atoms with van der Waals surface area (Å²) < 4.78 is 37.1. The first-order chi connectivity index (χ1) is 12.5. The Morgan fingerprint density at radius 3 is 2.54 bits per heavy atom. The Labute approximate surface area is 152 Å². The van der Waals surface area contributed by atoms with Crippen LogP contribution in [0.15, 0.2) is 47.4 Å². The molecule has 0 atom stereocenters. The van der Waals surface area contributed by atoms with E-state index in [0.717, 1.165) is 5.56 Å². The van der Waals surface area contributed by atoms with Gasteiger partial charge in [-0.05, 0) is 48.4 Å². The second-order valence-corrected chi connectivity index (χ2v) is 7.56. The maximum Gasteiger partial charge on any atom is 0.251 e. The molecule has 26 heavy (non-hydrogen) atoms. The van der Waals surface area contributed by atoms with Crippen LogP contribution >= 0.6 is 0 Å². The number of sulfonamides is 1. The number of amides is 1. The van der Waals surface area contributed by atoms with Gasteiger partial charge in [-0.15, -0.1) is 0 Å². The second kappa shape index (κ2) is 7.76. The molecule has 138 valence electrons. The molecular formula is C18H20N2O5S. The molecule has 0 radical (unpaired) electrons. The molecule has 0 bridgehead atoms. The molecule has 1 amide bonds. The lowest BCUT2D eigenvalue weighted by Crippen LogP contribution is -2.25. The molecule has 2 aromatic carbocycles. The van der Waals surface area contributed by atoms with Crippen molar-refractivity contribution in [1.82, 2.24) is 10.0 Å². The van der Waals surface area contributed by atoms with Crippen LogP contribution < -0.4 is 19.5 Å². The molecule has 0 unspecified atom stereocenters. The van der Waals surface area contributed by atoms with Crippen LogP contribution in [0.1, 0.15) is 29.3 Å². The Bertz CT molecular complexity index is 894. The van der Waals surface area contributed by atoms with E-state index in [1.165, 1.54) is 24.3 Å². The molecule has 2 N–H and O–H groups in total. The van der Waals surface area contributed by atoms with Gasteiger partial charge in [0.05, 0.1) is 4.90 Å². The first-order valence-electron chi connectivity index (χ1n) is 8.26. The van der Waals surface area contributed by atoms with E-state index in [1.807, 2.05) is 19.1 Å². The minimum Gasteiger partial charge on any atom is -0.454 e. The number of ether oxygens (including phenoxy) is 2. The smallest absolute Gasteiger partial charge is 0.251 e. The van der Waals surface area contributed by atoms with Gasteiger partial charge in [0.2, 0.25) is 16.8 Å². The molecule has 7 nitrogen and oxygen atoms in total. The fourth-order valence-corrected chi connectivity index (χ4v) is 3.57. The zero-order chi connectivity index (χ0) is 18.6. The van der Waals surface area contributed by atoms with E-state index in [4.69, 9.17) is 9.47 Å². The molecule has 0 saturated heterocycles. The molecule has 0 spiro atoms. The van der Waals surface area contributed by atoms with Gasteiger partial charge in [-0.1, -0.05) is 13.0 Å². The van der Waals surface area contributed by atoms with E-state index in [9.17, 15) is 13.2 Å². The van der Waals surface area contributed by atoms with Crippen molar-refractivity contribution in [2.45, 2.75) is 24.8 Å². The minimum absolute atomic E-state index is 0.137. The molecule has 0 aliphatic carbocycles. The lowest BCUT2D eigenvalue weighted by atomic mass is 10.2. The van der Waals surface area contributed by atoms with Crippen LogP contribution in [0, 0.1) is 0 Å². The van der Waals surface area contributed by atoms with E-state index in [1.54, 1.807) is 6.07 Å². The van der Waals surface area contributed by atoms with Crippen molar-refractivity contribution in [1.29, 1.82) is 0 Å². The Hall–Kier alpha value is -2.58. The predicted octanol–water partition coefficient (Wildman–Crippen LogP) is 2.03. The Morgan fingerprint density at radius 1 is 1.08 bits per heavy atom. The summed E-state index contributed by atoms with van der Waals surface area (Å²) in [5.74, 6) is 1.06. The lowest BCUT2D eigenvalue weighted by molar-refractivity contribution is 0.0950. The summed E-state index contributed by atoms with van der Waals surface area (Å²) in [6.07, 6.45) is 0.708. The molecule has 8 heteroatoms. The molecule has 1 heterocycles. The minimum atomic E-state index is -3.53. The van der Waals surface area contributed by atoms with E-state index >= 15 is 0 Å². The van der Waals surface area contributed by atoms with Gasteiger partial charge in [-0.25, -0.2) is 13.1 Å². The number of rotatable bonds is 7. The van der Waals surface area contributed by atoms with Gasteiger partial charge >= 0.3 is 0 Å². The Morgan fingerprint density at radius 2 is 1.81 bits per heavy atom. The monoisotopic (exact) mass is 376 g/mol. The van der Waals surface area contributed by atoms with E-state index in [-0.39, 0.29) is 17.6 Å². The van der Waals surface area contributed by atoms with Crippen LogP contribution in [0.2, 0.25) is 0 Å². The Balaban J connectivity index is 1.61. The summed E-state index contributed by atoms with van der Waals surface area (Å²) in [7, 11) is -3.53.